The molecule has 1 N–H and O–H groups in total. The van der Waals surface area contributed by atoms with Crippen LogP contribution in [0.5, 0.6) is 5.75 Å². The van der Waals surface area contributed by atoms with Crippen molar-refractivity contribution < 1.29 is 9.53 Å². The molecule has 2 aliphatic rings. The van der Waals surface area contributed by atoms with Gasteiger partial charge in [0.1, 0.15) is 5.75 Å². The van der Waals surface area contributed by atoms with Gasteiger partial charge in [-0.1, -0.05) is 0 Å². The number of aromatic nitrogens is 1. The summed E-state index contributed by atoms with van der Waals surface area (Å²) < 4.78 is 5.48. The Balaban J connectivity index is 0.00000121. The zero-order valence-corrected chi connectivity index (χ0v) is 14.2. The molecule has 2 saturated heterocycles. The Hall–Kier alpha value is -1.04. The second kappa shape index (κ2) is 8.56. The lowest BCUT2D eigenvalue weighted by Crippen LogP contribution is -2.49. The van der Waals surface area contributed by atoms with Crippen molar-refractivity contribution in [1.29, 1.82) is 0 Å². The summed E-state index contributed by atoms with van der Waals surface area (Å²) in [5.41, 5.74) is 0. The Kier molecular flexibility index (Phi) is 7.39. The molecule has 1 amide bonds. The third-order valence-corrected chi connectivity index (χ3v) is 4.39. The van der Waals surface area contributed by atoms with Gasteiger partial charge in [-0.3, -0.25) is 9.78 Å². The Bertz CT molecular complexity index is 463. The van der Waals surface area contributed by atoms with E-state index in [9.17, 15) is 4.79 Å². The standard InChI is InChI=1S/C15H21N3O2.2ClH/c1-18(13-7-11-4-5-12(8-13)17-11)15(19)10-20-14-3-2-6-16-9-14;;/h2-3,6,9,11-13,17H,4-5,7-8,10H2,1H3;2*1H. The molecule has 3 rings (SSSR count). The summed E-state index contributed by atoms with van der Waals surface area (Å²) in [5.74, 6) is 0.680. The third-order valence-electron chi connectivity index (χ3n) is 4.39. The van der Waals surface area contributed by atoms with E-state index in [1.165, 1.54) is 12.8 Å². The highest BCUT2D eigenvalue weighted by Crippen LogP contribution is 2.29. The van der Waals surface area contributed by atoms with E-state index in [4.69, 9.17) is 4.74 Å². The molecule has 2 atom stereocenters. The van der Waals surface area contributed by atoms with Crippen LogP contribution in [0.1, 0.15) is 25.7 Å². The fourth-order valence-corrected chi connectivity index (χ4v) is 3.23. The van der Waals surface area contributed by atoms with Gasteiger partial charge in [-0.15, -0.1) is 24.8 Å². The first-order chi connectivity index (χ1) is 9.72. The van der Waals surface area contributed by atoms with Crippen molar-refractivity contribution in [2.45, 2.75) is 43.8 Å². The minimum atomic E-state index is 0. The maximum absolute atomic E-state index is 12.2. The normalized spacial score (nSPS) is 25.6. The fraction of sp³-hybridized carbons (Fsp3) is 0.600. The Morgan fingerprint density at radius 1 is 1.36 bits per heavy atom. The number of hydrogen-bond acceptors (Lipinski definition) is 4. The summed E-state index contributed by atoms with van der Waals surface area (Å²) in [5, 5.41) is 3.59. The summed E-state index contributed by atoms with van der Waals surface area (Å²) in [6.07, 6.45) is 7.92. The van der Waals surface area contributed by atoms with Gasteiger partial charge >= 0.3 is 0 Å². The number of carbonyl (C=O) groups is 1. The van der Waals surface area contributed by atoms with E-state index in [2.05, 4.69) is 10.3 Å². The molecule has 2 bridgehead atoms. The second-order valence-corrected chi connectivity index (χ2v) is 5.75. The van der Waals surface area contributed by atoms with Crippen LogP contribution in [0.4, 0.5) is 0 Å². The van der Waals surface area contributed by atoms with Crippen molar-refractivity contribution in [2.24, 2.45) is 0 Å². The molecule has 124 valence electrons. The summed E-state index contributed by atoms with van der Waals surface area (Å²) in [6, 6.07) is 5.14. The van der Waals surface area contributed by atoms with Crippen LogP contribution >= 0.6 is 24.8 Å². The molecule has 0 radical (unpaired) electrons. The predicted molar refractivity (Wildman–Crippen MR) is 90.0 cm³/mol. The predicted octanol–water partition coefficient (Wildman–Crippen LogP) is 2.05. The number of piperidine rings is 1. The smallest absolute Gasteiger partial charge is 0.260 e. The van der Waals surface area contributed by atoms with E-state index < -0.39 is 0 Å². The van der Waals surface area contributed by atoms with Crippen molar-refractivity contribution in [3.05, 3.63) is 24.5 Å². The first-order valence-corrected chi connectivity index (χ1v) is 7.27. The number of rotatable bonds is 4. The van der Waals surface area contributed by atoms with Crippen LogP contribution in [-0.4, -0.2) is 47.6 Å². The van der Waals surface area contributed by atoms with Gasteiger partial charge in [0.15, 0.2) is 6.61 Å². The molecule has 0 saturated carbocycles. The van der Waals surface area contributed by atoms with Gasteiger partial charge in [0.25, 0.3) is 5.91 Å². The number of ether oxygens (including phenoxy) is 1. The maximum Gasteiger partial charge on any atom is 0.260 e. The van der Waals surface area contributed by atoms with Crippen LogP contribution in [0, 0.1) is 0 Å². The van der Waals surface area contributed by atoms with Gasteiger partial charge in [0.2, 0.25) is 0 Å². The van der Waals surface area contributed by atoms with E-state index in [1.807, 2.05) is 18.0 Å². The lowest BCUT2D eigenvalue weighted by molar-refractivity contribution is -0.134. The molecular formula is C15H23Cl2N3O2. The van der Waals surface area contributed by atoms with E-state index in [1.54, 1.807) is 18.5 Å². The van der Waals surface area contributed by atoms with Crippen LogP contribution in [0.2, 0.25) is 0 Å². The van der Waals surface area contributed by atoms with Crippen LogP contribution in [0.15, 0.2) is 24.5 Å². The van der Waals surface area contributed by atoms with E-state index in [0.29, 0.717) is 23.9 Å². The Morgan fingerprint density at radius 3 is 2.64 bits per heavy atom. The number of likely N-dealkylation sites (N-methyl/N-ethyl adjacent to an activating group) is 1. The molecule has 22 heavy (non-hydrogen) atoms. The molecule has 2 aliphatic heterocycles. The van der Waals surface area contributed by atoms with E-state index >= 15 is 0 Å². The third kappa shape index (κ3) is 4.48. The SMILES string of the molecule is CN(C(=O)COc1cccnc1)C1CC2CCC(C1)N2.Cl.Cl. The average Bonchev–Trinajstić information content (AvgIpc) is 2.83. The van der Waals surface area contributed by atoms with Crippen molar-refractivity contribution >= 4 is 30.7 Å². The summed E-state index contributed by atoms with van der Waals surface area (Å²) in [6.45, 7) is 0.0848. The zero-order chi connectivity index (χ0) is 13.9. The number of nitrogens with zero attached hydrogens (tertiary/aromatic N) is 2. The number of hydrogen-bond donors (Lipinski definition) is 1. The Labute approximate surface area is 143 Å². The Morgan fingerprint density at radius 2 is 2.05 bits per heavy atom. The molecule has 0 aromatic carbocycles. The van der Waals surface area contributed by atoms with E-state index in [0.717, 1.165) is 12.8 Å². The highest BCUT2D eigenvalue weighted by atomic mass is 35.5. The minimum Gasteiger partial charge on any atom is -0.482 e. The average molecular weight is 348 g/mol. The number of amides is 1. The largest absolute Gasteiger partial charge is 0.482 e. The topological polar surface area (TPSA) is 54.5 Å². The number of halogens is 2. The highest BCUT2D eigenvalue weighted by molar-refractivity contribution is 5.85. The van der Waals surface area contributed by atoms with Gasteiger partial charge in [-0.2, -0.15) is 0 Å². The van der Waals surface area contributed by atoms with Crippen molar-refractivity contribution in [3.63, 3.8) is 0 Å². The summed E-state index contributed by atoms with van der Waals surface area (Å²) in [4.78, 5) is 18.0. The molecule has 1 aromatic rings. The van der Waals surface area contributed by atoms with Crippen LogP contribution in [0.3, 0.4) is 0 Å². The molecule has 2 unspecified atom stereocenters. The van der Waals surface area contributed by atoms with E-state index in [-0.39, 0.29) is 37.3 Å². The fourth-order valence-electron chi connectivity index (χ4n) is 3.23. The first-order valence-electron chi connectivity index (χ1n) is 7.27. The number of nitrogens with one attached hydrogen (secondary N) is 1. The first kappa shape index (κ1) is 19.0. The van der Waals surface area contributed by atoms with Crippen LogP contribution < -0.4 is 10.1 Å². The minimum absolute atomic E-state index is 0. The lowest BCUT2D eigenvalue weighted by Gasteiger charge is -2.35. The summed E-state index contributed by atoms with van der Waals surface area (Å²) in [7, 11) is 1.89. The quantitative estimate of drug-likeness (QED) is 0.905. The number of carbonyl (C=O) groups excluding carboxylic acids is 1. The van der Waals surface area contributed by atoms with Gasteiger partial charge in [0, 0.05) is 31.4 Å². The molecule has 2 fully saturated rings. The molecule has 5 nitrogen and oxygen atoms in total. The van der Waals surface area contributed by atoms with Gasteiger partial charge in [-0.25, -0.2) is 0 Å². The zero-order valence-electron chi connectivity index (χ0n) is 12.6. The number of pyridine rings is 1. The molecular weight excluding hydrogens is 325 g/mol. The molecule has 0 spiro atoms. The monoisotopic (exact) mass is 347 g/mol. The molecule has 0 aliphatic carbocycles. The van der Waals surface area contributed by atoms with Crippen molar-refractivity contribution in [1.82, 2.24) is 15.2 Å². The summed E-state index contributed by atoms with van der Waals surface area (Å²) >= 11 is 0. The molecule has 7 heteroatoms. The van der Waals surface area contributed by atoms with Gasteiger partial charge < -0.3 is 15.0 Å². The molecule has 3 heterocycles. The van der Waals surface area contributed by atoms with Crippen molar-refractivity contribution in [3.8, 4) is 5.75 Å². The van der Waals surface area contributed by atoms with Crippen LogP contribution in [-0.2, 0) is 4.79 Å². The van der Waals surface area contributed by atoms with Crippen LogP contribution in [0.25, 0.3) is 0 Å². The molecule has 1 aromatic heterocycles. The maximum atomic E-state index is 12.2. The lowest BCUT2D eigenvalue weighted by atomic mass is 9.98. The van der Waals surface area contributed by atoms with Gasteiger partial charge in [-0.05, 0) is 37.8 Å². The van der Waals surface area contributed by atoms with Gasteiger partial charge in [0.05, 0.1) is 6.20 Å². The number of fused-ring (bicyclic) bond motifs is 2. The van der Waals surface area contributed by atoms with Crippen molar-refractivity contribution in [2.75, 3.05) is 13.7 Å². The highest BCUT2D eigenvalue weighted by Gasteiger charge is 2.36. The second-order valence-electron chi connectivity index (χ2n) is 5.75.